The molecule has 1 aromatic heterocycles. The first-order valence-electron chi connectivity index (χ1n) is 20.1. The molecule has 7 rings (SSSR count). The van der Waals surface area contributed by atoms with Crippen molar-refractivity contribution in [3.8, 4) is 28.4 Å². The lowest BCUT2D eigenvalue weighted by Crippen LogP contribution is -2.06. The number of nitrogens with zero attached hydrogens (tertiary/aromatic N) is 1. The van der Waals surface area contributed by atoms with E-state index >= 15 is 0 Å². The molecule has 7 aromatic rings. The molecule has 0 aliphatic rings. The van der Waals surface area contributed by atoms with Crippen LogP contribution >= 0.6 is 23.2 Å². The number of carbonyl (C=O) groups excluding carboxylic acids is 4. The van der Waals surface area contributed by atoms with Gasteiger partial charge in [0, 0.05) is 34.1 Å². The summed E-state index contributed by atoms with van der Waals surface area (Å²) in [7, 11) is 2.66. The molecule has 0 atom stereocenters. The van der Waals surface area contributed by atoms with E-state index in [-0.39, 0.29) is 30.4 Å². The third kappa shape index (κ3) is 13.9. The molecule has 64 heavy (non-hydrogen) atoms. The lowest BCUT2D eigenvalue weighted by Gasteiger charge is -2.18. The Morgan fingerprint density at radius 1 is 0.562 bits per heavy atom. The number of anilines is 1. The van der Waals surface area contributed by atoms with E-state index in [1.807, 2.05) is 116 Å². The number of carbonyl (C=O) groups is 4. The van der Waals surface area contributed by atoms with Crippen LogP contribution in [0.15, 0.2) is 158 Å². The van der Waals surface area contributed by atoms with Crippen molar-refractivity contribution in [3.05, 3.63) is 201 Å². The van der Waals surface area contributed by atoms with Gasteiger partial charge in [-0.05, 0) is 103 Å². The Balaban J connectivity index is 0.000000198. The summed E-state index contributed by atoms with van der Waals surface area (Å²) in [5, 5.41) is 1.23. The highest BCUT2D eigenvalue weighted by atomic mass is 35.5. The van der Waals surface area contributed by atoms with Crippen molar-refractivity contribution in [2.45, 2.75) is 39.9 Å². The molecule has 0 spiro atoms. The molecule has 1 heterocycles. The molecule has 0 aliphatic carbocycles. The van der Waals surface area contributed by atoms with Gasteiger partial charge in [0.05, 0.1) is 42.4 Å². The lowest BCUT2D eigenvalue weighted by atomic mass is 10.0. The number of hydrogen-bond donors (Lipinski definition) is 1. The molecule has 0 bridgehead atoms. The molecular formula is C52H48Cl2N2O8. The topological polar surface area (TPSA) is 136 Å². The van der Waals surface area contributed by atoms with Crippen molar-refractivity contribution in [1.82, 2.24) is 4.57 Å². The number of ketones is 2. The van der Waals surface area contributed by atoms with Crippen LogP contribution in [0.3, 0.4) is 0 Å². The maximum absolute atomic E-state index is 12.0. The predicted molar refractivity (Wildman–Crippen MR) is 252 cm³/mol. The van der Waals surface area contributed by atoms with Crippen molar-refractivity contribution in [2.75, 3.05) is 20.0 Å². The molecule has 6 aromatic carbocycles. The minimum atomic E-state index is -0.480. The highest BCUT2D eigenvalue weighted by molar-refractivity contribution is 6.31. The van der Waals surface area contributed by atoms with Crippen molar-refractivity contribution in [1.29, 1.82) is 0 Å². The van der Waals surface area contributed by atoms with E-state index in [0.29, 0.717) is 51.4 Å². The predicted octanol–water partition coefficient (Wildman–Crippen LogP) is 12.0. The summed E-state index contributed by atoms with van der Waals surface area (Å²) in [6, 6.07) is 48.5. The summed E-state index contributed by atoms with van der Waals surface area (Å²) >= 11 is 12.2. The maximum atomic E-state index is 12.0. The van der Waals surface area contributed by atoms with Crippen molar-refractivity contribution in [3.63, 3.8) is 0 Å². The zero-order chi connectivity index (χ0) is 46.0. The number of aromatic nitrogens is 1. The number of halogens is 2. The Kier molecular flexibility index (Phi) is 17.9. The summed E-state index contributed by atoms with van der Waals surface area (Å²) < 4.78 is 23.3. The number of nitrogen functional groups attached to an aromatic ring is 1. The molecule has 0 radical (unpaired) electrons. The zero-order valence-electron chi connectivity index (χ0n) is 35.9. The summed E-state index contributed by atoms with van der Waals surface area (Å²) in [5.74, 6) is 0.358. The van der Waals surface area contributed by atoms with Gasteiger partial charge in [-0.15, -0.1) is 0 Å². The first-order chi connectivity index (χ1) is 30.9. The van der Waals surface area contributed by atoms with Crippen LogP contribution < -0.4 is 15.2 Å². The van der Waals surface area contributed by atoms with E-state index in [4.69, 9.17) is 43.1 Å². The van der Waals surface area contributed by atoms with E-state index in [0.717, 1.165) is 39.5 Å². The molecule has 0 fully saturated rings. The molecule has 10 nitrogen and oxygen atoms in total. The van der Waals surface area contributed by atoms with Gasteiger partial charge in [0.1, 0.15) is 30.5 Å². The number of aryl methyl sites for hydroxylation is 1. The number of hydrogen-bond acceptors (Lipinski definition) is 9. The van der Waals surface area contributed by atoms with E-state index in [1.165, 1.54) is 27.2 Å². The van der Waals surface area contributed by atoms with E-state index in [2.05, 4.69) is 9.30 Å². The molecule has 0 saturated heterocycles. The smallest absolute Gasteiger partial charge is 0.337 e. The Hall–Kier alpha value is -7.14. The average molecular weight is 900 g/mol. The Bertz CT molecular complexity index is 2680. The first kappa shape index (κ1) is 47.9. The third-order valence-corrected chi connectivity index (χ3v) is 10.0. The number of Topliss-reactive ketones (excluding diaryl/α,β-unsaturated/α-hetero) is 2. The minimum absolute atomic E-state index is 0.0255. The molecule has 0 saturated carbocycles. The summed E-state index contributed by atoms with van der Waals surface area (Å²) in [6.07, 6.45) is 0.390. The third-order valence-electron chi connectivity index (χ3n) is 9.57. The quantitative estimate of drug-likeness (QED) is 0.0642. The molecule has 0 aliphatic heterocycles. The fourth-order valence-corrected chi connectivity index (χ4v) is 6.63. The van der Waals surface area contributed by atoms with Gasteiger partial charge in [0.25, 0.3) is 0 Å². The monoisotopic (exact) mass is 898 g/mol. The van der Waals surface area contributed by atoms with Gasteiger partial charge in [0.2, 0.25) is 0 Å². The summed E-state index contributed by atoms with van der Waals surface area (Å²) in [4.78, 5) is 45.8. The summed E-state index contributed by atoms with van der Waals surface area (Å²) in [5.41, 5.74) is 13.5. The van der Waals surface area contributed by atoms with Crippen LogP contribution in [0.1, 0.15) is 67.7 Å². The van der Waals surface area contributed by atoms with E-state index in [9.17, 15) is 19.2 Å². The Morgan fingerprint density at radius 2 is 1.09 bits per heavy atom. The number of nitrogens with two attached hydrogens (primary N) is 1. The van der Waals surface area contributed by atoms with E-state index < -0.39 is 5.97 Å². The fourth-order valence-electron chi connectivity index (χ4n) is 6.29. The van der Waals surface area contributed by atoms with Crippen LogP contribution in [0, 0.1) is 6.92 Å². The van der Waals surface area contributed by atoms with Crippen LogP contribution in [0.5, 0.6) is 11.5 Å². The van der Waals surface area contributed by atoms with Crippen LogP contribution in [0.25, 0.3) is 16.9 Å². The lowest BCUT2D eigenvalue weighted by molar-refractivity contribution is -0.117. The van der Waals surface area contributed by atoms with E-state index in [1.54, 1.807) is 42.5 Å². The largest absolute Gasteiger partial charge is 0.487 e. The van der Waals surface area contributed by atoms with Crippen molar-refractivity contribution in [2.24, 2.45) is 0 Å². The van der Waals surface area contributed by atoms with Gasteiger partial charge in [-0.25, -0.2) is 9.59 Å². The SMILES string of the molecule is COC(=O)c1cccc(-c2ccc(C)n2-c2cc(Cl)ccc2OCc2ccccc2)c1.COC(=O)c1cccc(C(=O)CCC(C)=O)c1.Nc1cc(Cl)ccc1OCc1ccccc1. The molecular weight excluding hydrogens is 851 g/mol. The molecule has 0 unspecified atom stereocenters. The van der Waals surface area contributed by atoms with Crippen LogP contribution in [-0.2, 0) is 27.5 Å². The number of ether oxygens (including phenoxy) is 4. The van der Waals surface area contributed by atoms with Gasteiger partial charge < -0.3 is 34.0 Å². The van der Waals surface area contributed by atoms with Crippen LogP contribution in [0.2, 0.25) is 10.0 Å². The second kappa shape index (κ2) is 23.9. The molecule has 0 amide bonds. The highest BCUT2D eigenvalue weighted by Gasteiger charge is 2.17. The Labute approximate surface area is 383 Å². The van der Waals surface area contributed by atoms with Crippen molar-refractivity contribution >= 4 is 52.4 Å². The number of methoxy groups -OCH3 is 2. The molecule has 328 valence electrons. The summed E-state index contributed by atoms with van der Waals surface area (Å²) in [6.45, 7) is 4.42. The normalized spacial score (nSPS) is 10.3. The van der Waals surface area contributed by atoms with Gasteiger partial charge in [-0.2, -0.15) is 0 Å². The zero-order valence-corrected chi connectivity index (χ0v) is 37.4. The average Bonchev–Trinajstić information content (AvgIpc) is 3.71. The second-order valence-electron chi connectivity index (χ2n) is 14.3. The minimum Gasteiger partial charge on any atom is -0.487 e. The maximum Gasteiger partial charge on any atom is 0.337 e. The number of benzene rings is 6. The van der Waals surface area contributed by atoms with Crippen LogP contribution in [-0.4, -0.2) is 42.3 Å². The number of rotatable bonds is 14. The molecule has 2 N–H and O–H groups in total. The van der Waals surface area contributed by atoms with Crippen LogP contribution in [0.4, 0.5) is 5.69 Å². The van der Waals surface area contributed by atoms with Crippen molar-refractivity contribution < 1.29 is 38.1 Å². The standard InChI is InChI=1S/C26H22ClNO3.C13H12ClNO.C13H14O4/c1-18-11-13-23(20-9-6-10-21(15-20)26(29)30-2)28(18)24-16-22(27)12-14-25(24)31-17-19-7-4-3-5-8-19;14-11-6-7-13(12(15)8-11)16-9-10-4-2-1-3-5-10;1-9(14)6-7-12(15)10-4-3-5-11(8-10)13(16)17-2/h3-16H,17H2,1-2H3;1-8H,9,15H2;3-5,8H,6-7H2,1-2H3. The van der Waals surface area contributed by atoms with Gasteiger partial charge in [0.15, 0.2) is 5.78 Å². The van der Waals surface area contributed by atoms with Gasteiger partial charge in [-0.3, -0.25) is 4.79 Å². The van der Waals surface area contributed by atoms with Gasteiger partial charge in [-0.1, -0.05) is 108 Å². The highest BCUT2D eigenvalue weighted by Crippen LogP contribution is 2.34. The molecule has 12 heteroatoms. The number of esters is 2. The first-order valence-corrected chi connectivity index (χ1v) is 20.9. The fraction of sp³-hybridized carbons (Fsp3) is 0.154. The Morgan fingerprint density at radius 3 is 1.67 bits per heavy atom. The van der Waals surface area contributed by atoms with Gasteiger partial charge >= 0.3 is 11.9 Å². The second-order valence-corrected chi connectivity index (χ2v) is 15.2.